The molecule has 0 saturated carbocycles. The van der Waals surface area contributed by atoms with Gasteiger partial charge in [0.25, 0.3) is 0 Å². The Kier molecular flexibility index (Phi) is 6.83. The van der Waals surface area contributed by atoms with Gasteiger partial charge in [-0.3, -0.25) is 4.90 Å². The Hall–Kier alpha value is -2.68. The Morgan fingerprint density at radius 1 is 1.16 bits per heavy atom. The first-order valence-corrected chi connectivity index (χ1v) is 10.5. The molecule has 1 aromatic heterocycles. The predicted molar refractivity (Wildman–Crippen MR) is 116 cm³/mol. The summed E-state index contributed by atoms with van der Waals surface area (Å²) in [5, 5.41) is 34.1. The Morgan fingerprint density at radius 2 is 1.81 bits per heavy atom. The number of hydrogen-bond donors (Lipinski definition) is 4. The molecule has 2 aliphatic rings. The van der Waals surface area contributed by atoms with Crippen molar-refractivity contribution in [3.8, 4) is 0 Å². The van der Waals surface area contributed by atoms with Crippen LogP contribution < -0.4 is 0 Å². The standard InChI is InChI=1S/C19H24N2.C4H6O6/c1-4-8-21-12-14-10-18-16(9-13(2)11-20(18)3)15-6-5-7-17(21)19(14)15;5-1(3(7)8)2(6)4(9)10/h5-7,9,12,16,18H,4,8,10-11H2,1-3H3;1-2,5-6H,(H,7,8)(H,9,10)/t16-,18-;1-,2-/m11/s1. The van der Waals surface area contributed by atoms with Crippen LogP contribution in [-0.4, -0.2) is 73.7 Å². The maximum atomic E-state index is 9.77. The molecule has 31 heavy (non-hydrogen) atoms. The van der Waals surface area contributed by atoms with E-state index in [0.717, 1.165) is 13.1 Å². The van der Waals surface area contributed by atoms with Crippen LogP contribution in [0.1, 0.15) is 37.3 Å². The van der Waals surface area contributed by atoms with E-state index in [4.69, 9.17) is 20.4 Å². The van der Waals surface area contributed by atoms with E-state index in [-0.39, 0.29) is 0 Å². The number of hydrogen-bond acceptors (Lipinski definition) is 5. The Bertz CT molecular complexity index is 993. The number of aliphatic hydroxyl groups excluding tert-OH is 2. The lowest BCUT2D eigenvalue weighted by molar-refractivity contribution is -0.165. The molecule has 0 spiro atoms. The molecule has 0 amide bonds. The number of aliphatic carboxylic acids is 2. The molecule has 4 atom stereocenters. The minimum absolute atomic E-state index is 0.567. The van der Waals surface area contributed by atoms with Gasteiger partial charge in [0.1, 0.15) is 0 Å². The monoisotopic (exact) mass is 430 g/mol. The third kappa shape index (κ3) is 4.51. The fourth-order valence-corrected chi connectivity index (χ4v) is 4.66. The van der Waals surface area contributed by atoms with Gasteiger partial charge >= 0.3 is 11.9 Å². The number of rotatable bonds is 5. The summed E-state index contributed by atoms with van der Waals surface area (Å²) in [6.07, 6.45) is 2.77. The molecule has 2 aromatic rings. The second kappa shape index (κ2) is 9.21. The van der Waals surface area contributed by atoms with E-state index >= 15 is 0 Å². The van der Waals surface area contributed by atoms with Gasteiger partial charge in [-0.1, -0.05) is 30.7 Å². The van der Waals surface area contributed by atoms with Gasteiger partial charge < -0.3 is 25.0 Å². The van der Waals surface area contributed by atoms with Crippen LogP contribution in [0.3, 0.4) is 0 Å². The summed E-state index contributed by atoms with van der Waals surface area (Å²) in [6.45, 7) is 6.77. The second-order valence-electron chi connectivity index (χ2n) is 8.38. The molecule has 0 bridgehead atoms. The van der Waals surface area contributed by atoms with Crippen molar-refractivity contribution in [3.63, 3.8) is 0 Å². The lowest BCUT2D eigenvalue weighted by Gasteiger charge is -2.40. The molecule has 4 N–H and O–H groups in total. The zero-order chi connectivity index (χ0) is 22.9. The number of aromatic nitrogens is 1. The number of aryl methyl sites for hydroxylation is 1. The lowest BCUT2D eigenvalue weighted by atomic mass is 9.77. The smallest absolute Gasteiger partial charge is 0.335 e. The molecule has 2 heterocycles. The topological polar surface area (TPSA) is 123 Å². The molecule has 0 radical (unpaired) electrons. The van der Waals surface area contributed by atoms with Gasteiger partial charge in [0.05, 0.1) is 0 Å². The van der Waals surface area contributed by atoms with Gasteiger partial charge in [-0.2, -0.15) is 0 Å². The van der Waals surface area contributed by atoms with Gasteiger partial charge in [-0.15, -0.1) is 0 Å². The fourth-order valence-electron chi connectivity index (χ4n) is 4.66. The average molecular weight is 431 g/mol. The number of nitrogens with zero attached hydrogens (tertiary/aromatic N) is 2. The summed E-state index contributed by atoms with van der Waals surface area (Å²) in [7, 11) is 2.28. The molecular formula is C23H30N2O6. The number of carboxylic acids is 2. The van der Waals surface area contributed by atoms with Gasteiger partial charge in [0.2, 0.25) is 0 Å². The predicted octanol–water partition coefficient (Wildman–Crippen LogP) is 1.83. The highest BCUT2D eigenvalue weighted by molar-refractivity contribution is 5.89. The van der Waals surface area contributed by atoms with Crippen LogP contribution >= 0.6 is 0 Å². The molecule has 0 saturated heterocycles. The number of carboxylic acid groups (broad SMARTS) is 2. The van der Waals surface area contributed by atoms with Crippen molar-refractivity contribution in [3.05, 3.63) is 47.2 Å². The van der Waals surface area contributed by atoms with Gasteiger partial charge in [-0.25, -0.2) is 9.59 Å². The van der Waals surface area contributed by atoms with Crippen LogP contribution in [0.25, 0.3) is 10.9 Å². The summed E-state index contributed by atoms with van der Waals surface area (Å²) < 4.78 is 2.46. The molecule has 0 unspecified atom stereocenters. The van der Waals surface area contributed by atoms with E-state index in [2.05, 4.69) is 60.8 Å². The summed E-state index contributed by atoms with van der Waals surface area (Å²) >= 11 is 0. The molecular weight excluding hydrogens is 400 g/mol. The number of benzene rings is 1. The van der Waals surface area contributed by atoms with E-state index < -0.39 is 24.1 Å². The van der Waals surface area contributed by atoms with E-state index in [1.807, 2.05) is 0 Å². The Balaban J connectivity index is 0.000000233. The van der Waals surface area contributed by atoms with Crippen LogP contribution in [0.2, 0.25) is 0 Å². The quantitative estimate of drug-likeness (QED) is 0.534. The van der Waals surface area contributed by atoms with Crippen LogP contribution in [0, 0.1) is 0 Å². The molecule has 4 rings (SSSR count). The van der Waals surface area contributed by atoms with Crippen molar-refractivity contribution < 1.29 is 30.0 Å². The van der Waals surface area contributed by atoms with Crippen molar-refractivity contribution in [2.45, 2.75) is 57.4 Å². The van der Waals surface area contributed by atoms with Crippen molar-refractivity contribution in [2.75, 3.05) is 13.6 Å². The van der Waals surface area contributed by atoms with Crippen LogP contribution in [0.4, 0.5) is 0 Å². The van der Waals surface area contributed by atoms with Crippen LogP contribution in [0.15, 0.2) is 36.0 Å². The molecule has 8 heteroatoms. The average Bonchev–Trinajstić information content (AvgIpc) is 3.07. The SMILES string of the molecule is CCCn1cc2c3c(cccc31)[C@H]1C=C(C)CN(C)[C@@H]1C2.O=C(O)[C@H](O)[C@@H](O)C(=O)O. The van der Waals surface area contributed by atoms with E-state index in [1.54, 1.807) is 11.1 Å². The summed E-state index contributed by atoms with van der Waals surface area (Å²) in [5.74, 6) is -2.97. The first kappa shape index (κ1) is 23.0. The summed E-state index contributed by atoms with van der Waals surface area (Å²) in [5.41, 5.74) is 6.03. The first-order valence-electron chi connectivity index (χ1n) is 10.5. The molecule has 1 aliphatic heterocycles. The van der Waals surface area contributed by atoms with E-state index in [9.17, 15) is 9.59 Å². The van der Waals surface area contributed by atoms with Crippen molar-refractivity contribution in [1.82, 2.24) is 9.47 Å². The minimum Gasteiger partial charge on any atom is -0.479 e. The van der Waals surface area contributed by atoms with Gasteiger partial charge in [0.15, 0.2) is 12.2 Å². The molecule has 0 fully saturated rings. The maximum absolute atomic E-state index is 9.77. The molecule has 1 aromatic carbocycles. The zero-order valence-corrected chi connectivity index (χ0v) is 18.0. The van der Waals surface area contributed by atoms with Crippen LogP contribution in [0.5, 0.6) is 0 Å². The largest absolute Gasteiger partial charge is 0.479 e. The minimum atomic E-state index is -2.27. The maximum Gasteiger partial charge on any atom is 0.335 e. The number of aliphatic hydroxyl groups is 2. The summed E-state index contributed by atoms with van der Waals surface area (Å²) in [6, 6.07) is 7.51. The van der Waals surface area contributed by atoms with Gasteiger partial charge in [-0.05, 0) is 44.0 Å². The third-order valence-corrected chi connectivity index (χ3v) is 6.02. The lowest BCUT2D eigenvalue weighted by Crippen LogP contribution is -2.43. The first-order chi connectivity index (χ1) is 14.6. The Morgan fingerprint density at radius 3 is 2.39 bits per heavy atom. The second-order valence-corrected chi connectivity index (χ2v) is 8.38. The molecule has 1 aliphatic carbocycles. The Labute approximate surface area is 181 Å². The number of fused-ring (bicyclic) bond motifs is 2. The normalized spacial score (nSPS) is 22.0. The summed E-state index contributed by atoms with van der Waals surface area (Å²) in [4.78, 5) is 22.1. The highest BCUT2D eigenvalue weighted by Crippen LogP contribution is 2.42. The van der Waals surface area contributed by atoms with E-state index in [0.29, 0.717) is 12.0 Å². The number of likely N-dealkylation sites (N-methyl/N-ethyl adjacent to an activating group) is 1. The zero-order valence-electron chi connectivity index (χ0n) is 18.0. The van der Waals surface area contributed by atoms with Gasteiger partial charge in [0, 0.05) is 42.1 Å². The van der Waals surface area contributed by atoms with Crippen molar-refractivity contribution in [1.29, 1.82) is 0 Å². The molecule has 8 nitrogen and oxygen atoms in total. The van der Waals surface area contributed by atoms with Crippen LogP contribution in [-0.2, 0) is 22.6 Å². The van der Waals surface area contributed by atoms with Crippen molar-refractivity contribution >= 4 is 22.8 Å². The van der Waals surface area contributed by atoms with Crippen molar-refractivity contribution in [2.24, 2.45) is 0 Å². The third-order valence-electron chi connectivity index (χ3n) is 6.02. The fraction of sp³-hybridized carbons (Fsp3) is 0.478. The highest BCUT2D eigenvalue weighted by atomic mass is 16.4. The number of carbonyl (C=O) groups is 2. The van der Waals surface area contributed by atoms with E-state index in [1.165, 1.54) is 29.3 Å². The highest BCUT2D eigenvalue weighted by Gasteiger charge is 2.35. The molecule has 168 valence electrons.